The normalized spacial score (nSPS) is 10.6. The minimum absolute atomic E-state index is 0.690. The van der Waals surface area contributed by atoms with Crippen molar-refractivity contribution in [2.45, 2.75) is 13.8 Å². The molecule has 0 bridgehead atoms. The summed E-state index contributed by atoms with van der Waals surface area (Å²) in [5.74, 6) is 0.827. The maximum Gasteiger partial charge on any atom is 0.152 e. The van der Waals surface area contributed by atoms with E-state index in [1.807, 2.05) is 33.0 Å². The molecule has 1 aromatic carbocycles. The smallest absolute Gasteiger partial charge is 0.152 e. The van der Waals surface area contributed by atoms with Crippen LogP contribution in [0, 0.1) is 13.8 Å². The number of nitrogen functional groups attached to an aromatic ring is 1. The number of nitrogens with zero attached hydrogens (tertiary/aromatic N) is 2. The average molecular weight is 295 g/mol. The molecule has 5 heteroatoms. The van der Waals surface area contributed by atoms with Crippen LogP contribution in [0.3, 0.4) is 0 Å². The van der Waals surface area contributed by atoms with Crippen LogP contribution >= 0.6 is 15.9 Å². The largest absolute Gasteiger partial charge is 0.394 e. The summed E-state index contributed by atoms with van der Waals surface area (Å²) < 4.78 is 2.82. The quantitative estimate of drug-likeness (QED) is 0.895. The molecule has 0 saturated carbocycles. The topological polar surface area (TPSA) is 55.9 Å². The fourth-order valence-electron chi connectivity index (χ4n) is 1.72. The molecule has 90 valence electrons. The van der Waals surface area contributed by atoms with E-state index in [-0.39, 0.29) is 0 Å². The molecule has 0 saturated heterocycles. The summed E-state index contributed by atoms with van der Waals surface area (Å²) >= 11 is 3.44. The molecule has 3 N–H and O–H groups in total. The van der Waals surface area contributed by atoms with Gasteiger partial charge in [-0.2, -0.15) is 5.10 Å². The molecule has 0 atom stereocenters. The highest BCUT2D eigenvalue weighted by Gasteiger charge is 2.10. The third-order valence-electron chi connectivity index (χ3n) is 2.71. The first-order valence-electron chi connectivity index (χ1n) is 5.31. The van der Waals surface area contributed by atoms with Crippen LogP contribution in [-0.2, 0) is 7.05 Å². The molecular formula is C12H15BrN4. The molecule has 0 unspecified atom stereocenters. The summed E-state index contributed by atoms with van der Waals surface area (Å²) in [6.45, 7) is 3.95. The van der Waals surface area contributed by atoms with Crippen molar-refractivity contribution in [1.82, 2.24) is 9.78 Å². The first-order valence-corrected chi connectivity index (χ1v) is 6.10. The predicted molar refractivity (Wildman–Crippen MR) is 74.5 cm³/mol. The summed E-state index contributed by atoms with van der Waals surface area (Å²) in [7, 11) is 1.87. The number of aryl methyl sites for hydroxylation is 3. The highest BCUT2D eigenvalue weighted by molar-refractivity contribution is 9.10. The van der Waals surface area contributed by atoms with Gasteiger partial charge in [-0.05, 0) is 37.6 Å². The third kappa shape index (κ3) is 2.29. The van der Waals surface area contributed by atoms with E-state index in [4.69, 9.17) is 5.73 Å². The third-order valence-corrected chi connectivity index (χ3v) is 3.20. The predicted octanol–water partition coefficient (Wildman–Crippen LogP) is 3.13. The summed E-state index contributed by atoms with van der Waals surface area (Å²) in [5, 5.41) is 7.59. The van der Waals surface area contributed by atoms with Gasteiger partial charge < -0.3 is 11.1 Å². The number of hydrogen-bond donors (Lipinski definition) is 2. The van der Waals surface area contributed by atoms with Crippen molar-refractivity contribution in [2.75, 3.05) is 11.1 Å². The van der Waals surface area contributed by atoms with E-state index >= 15 is 0 Å². The Labute approximate surface area is 109 Å². The lowest BCUT2D eigenvalue weighted by atomic mass is 10.2. The van der Waals surface area contributed by atoms with Crippen molar-refractivity contribution < 1.29 is 0 Å². The molecule has 0 spiro atoms. The van der Waals surface area contributed by atoms with Gasteiger partial charge in [0, 0.05) is 17.2 Å². The number of rotatable bonds is 2. The minimum atomic E-state index is 0.690. The second kappa shape index (κ2) is 4.41. The van der Waals surface area contributed by atoms with Crippen molar-refractivity contribution in [1.29, 1.82) is 0 Å². The molecule has 17 heavy (non-hydrogen) atoms. The number of benzene rings is 1. The lowest BCUT2D eigenvalue weighted by molar-refractivity contribution is 0.765. The van der Waals surface area contributed by atoms with E-state index in [1.54, 1.807) is 4.68 Å². The maximum atomic E-state index is 5.98. The number of aromatic nitrogens is 2. The van der Waals surface area contributed by atoms with Crippen LogP contribution in [0.5, 0.6) is 0 Å². The van der Waals surface area contributed by atoms with Crippen LogP contribution in [0.1, 0.15) is 11.3 Å². The van der Waals surface area contributed by atoms with E-state index in [2.05, 4.69) is 32.4 Å². The Hall–Kier alpha value is -1.49. The number of nitrogens with one attached hydrogen (secondary N) is 1. The van der Waals surface area contributed by atoms with E-state index in [0.29, 0.717) is 5.69 Å². The second-order valence-electron chi connectivity index (χ2n) is 4.06. The number of anilines is 3. The standard InChI is InChI=1S/C12H15BrN4/c1-7-6-9(13)4-5-10(7)15-12-11(14)8(2)16-17(12)3/h4-6,15H,14H2,1-3H3. The lowest BCUT2D eigenvalue weighted by Crippen LogP contribution is -2.02. The number of nitrogens with two attached hydrogens (primary N) is 1. The SMILES string of the molecule is Cc1cc(Br)ccc1Nc1c(N)c(C)nn1C. The Morgan fingerprint density at radius 1 is 1.35 bits per heavy atom. The van der Waals surface area contributed by atoms with E-state index in [0.717, 1.165) is 27.2 Å². The van der Waals surface area contributed by atoms with Gasteiger partial charge in [0.15, 0.2) is 5.82 Å². The molecule has 0 fully saturated rings. The molecule has 0 aliphatic rings. The maximum absolute atomic E-state index is 5.98. The molecular weight excluding hydrogens is 280 g/mol. The highest BCUT2D eigenvalue weighted by Crippen LogP contribution is 2.28. The summed E-state index contributed by atoms with van der Waals surface area (Å²) in [4.78, 5) is 0. The minimum Gasteiger partial charge on any atom is -0.394 e. The Morgan fingerprint density at radius 2 is 2.06 bits per heavy atom. The first-order chi connectivity index (χ1) is 7.99. The molecule has 2 aromatic rings. The van der Waals surface area contributed by atoms with Gasteiger partial charge in [0.25, 0.3) is 0 Å². The zero-order valence-electron chi connectivity index (χ0n) is 10.1. The Balaban J connectivity index is 2.38. The van der Waals surface area contributed by atoms with Crippen molar-refractivity contribution in [3.05, 3.63) is 33.9 Å². The van der Waals surface area contributed by atoms with Gasteiger partial charge in [-0.1, -0.05) is 15.9 Å². The number of halogens is 1. The Kier molecular flexibility index (Phi) is 3.11. The summed E-state index contributed by atoms with van der Waals surface area (Å²) in [6, 6.07) is 6.07. The van der Waals surface area contributed by atoms with Crippen LogP contribution < -0.4 is 11.1 Å². The van der Waals surface area contributed by atoms with Crippen LogP contribution in [0.15, 0.2) is 22.7 Å². The van der Waals surface area contributed by atoms with Crippen LogP contribution in [-0.4, -0.2) is 9.78 Å². The molecule has 2 rings (SSSR count). The van der Waals surface area contributed by atoms with Crippen LogP contribution in [0.4, 0.5) is 17.2 Å². The van der Waals surface area contributed by atoms with Gasteiger partial charge in [-0.3, -0.25) is 4.68 Å². The Bertz CT molecular complexity index is 560. The zero-order chi connectivity index (χ0) is 12.6. The molecule has 0 aliphatic carbocycles. The molecule has 1 heterocycles. The molecule has 0 aliphatic heterocycles. The van der Waals surface area contributed by atoms with Crippen molar-refractivity contribution in [3.63, 3.8) is 0 Å². The van der Waals surface area contributed by atoms with E-state index in [9.17, 15) is 0 Å². The fraction of sp³-hybridized carbons (Fsp3) is 0.250. The van der Waals surface area contributed by atoms with Crippen LogP contribution in [0.25, 0.3) is 0 Å². The van der Waals surface area contributed by atoms with Gasteiger partial charge in [0.05, 0.1) is 11.4 Å². The van der Waals surface area contributed by atoms with Gasteiger partial charge in [-0.25, -0.2) is 0 Å². The van der Waals surface area contributed by atoms with Crippen molar-refractivity contribution in [3.8, 4) is 0 Å². The van der Waals surface area contributed by atoms with Crippen molar-refractivity contribution >= 4 is 33.1 Å². The van der Waals surface area contributed by atoms with Crippen LogP contribution in [0.2, 0.25) is 0 Å². The fourth-order valence-corrected chi connectivity index (χ4v) is 2.19. The Morgan fingerprint density at radius 3 is 2.59 bits per heavy atom. The van der Waals surface area contributed by atoms with Gasteiger partial charge in [0.2, 0.25) is 0 Å². The molecule has 0 radical (unpaired) electrons. The molecule has 0 amide bonds. The van der Waals surface area contributed by atoms with Gasteiger partial charge in [0.1, 0.15) is 0 Å². The first kappa shape index (κ1) is 12.0. The number of hydrogen-bond acceptors (Lipinski definition) is 3. The van der Waals surface area contributed by atoms with Crippen molar-refractivity contribution in [2.24, 2.45) is 7.05 Å². The lowest BCUT2D eigenvalue weighted by Gasteiger charge is -2.10. The molecule has 1 aromatic heterocycles. The summed E-state index contributed by atoms with van der Waals surface area (Å²) in [5.41, 5.74) is 9.68. The average Bonchev–Trinajstić information content (AvgIpc) is 2.48. The monoisotopic (exact) mass is 294 g/mol. The van der Waals surface area contributed by atoms with Gasteiger partial charge in [-0.15, -0.1) is 0 Å². The van der Waals surface area contributed by atoms with E-state index in [1.165, 1.54) is 0 Å². The second-order valence-corrected chi connectivity index (χ2v) is 4.97. The van der Waals surface area contributed by atoms with E-state index < -0.39 is 0 Å². The zero-order valence-corrected chi connectivity index (χ0v) is 11.7. The highest BCUT2D eigenvalue weighted by atomic mass is 79.9. The van der Waals surface area contributed by atoms with Gasteiger partial charge >= 0.3 is 0 Å². The molecule has 4 nitrogen and oxygen atoms in total. The summed E-state index contributed by atoms with van der Waals surface area (Å²) in [6.07, 6.45) is 0.